The fourth-order valence-electron chi connectivity index (χ4n) is 3.75. The maximum absolute atomic E-state index is 5.51. The van der Waals surface area contributed by atoms with Crippen LogP contribution in [0.25, 0.3) is 0 Å². The zero-order valence-corrected chi connectivity index (χ0v) is 17.9. The molecule has 2 N–H and O–H groups in total. The van der Waals surface area contributed by atoms with Gasteiger partial charge in [0.25, 0.3) is 0 Å². The molecule has 2 aromatic rings. The van der Waals surface area contributed by atoms with E-state index < -0.39 is 0 Å². The highest BCUT2D eigenvalue weighted by Crippen LogP contribution is 2.31. The molecule has 1 fully saturated rings. The minimum absolute atomic E-state index is 0.562. The number of nitrogens with zero attached hydrogens (tertiary/aromatic N) is 2. The Bertz CT molecular complexity index is 837. The fourth-order valence-corrected chi connectivity index (χ4v) is 3.75. The Morgan fingerprint density at radius 2 is 1.90 bits per heavy atom. The van der Waals surface area contributed by atoms with Crippen LogP contribution >= 0.6 is 0 Å². The van der Waals surface area contributed by atoms with Crippen LogP contribution in [0.15, 0.2) is 47.5 Å². The van der Waals surface area contributed by atoms with E-state index in [0.717, 1.165) is 49.1 Å². The van der Waals surface area contributed by atoms with Crippen LogP contribution in [0.2, 0.25) is 0 Å². The Balaban J connectivity index is 1.50. The van der Waals surface area contributed by atoms with Crippen LogP contribution in [-0.4, -0.2) is 46.9 Å². The summed E-state index contributed by atoms with van der Waals surface area (Å²) < 4.78 is 11.0. The molecule has 1 heterocycles. The maximum Gasteiger partial charge on any atom is 0.191 e. The minimum atomic E-state index is 0.562. The zero-order chi connectivity index (χ0) is 20.6. The second-order valence-electron chi connectivity index (χ2n) is 7.39. The first-order valence-electron chi connectivity index (χ1n) is 10.1. The van der Waals surface area contributed by atoms with Gasteiger partial charge in [-0.25, -0.2) is 0 Å². The SMILES string of the molecule is CN=C(NCc1ccc(C)cc1OC)NCC1CCN(c2ccccc2OC)C1. The van der Waals surface area contributed by atoms with Gasteiger partial charge in [0.1, 0.15) is 11.5 Å². The minimum Gasteiger partial charge on any atom is -0.496 e. The fraction of sp³-hybridized carbons (Fsp3) is 0.435. The molecule has 0 saturated carbocycles. The summed E-state index contributed by atoms with van der Waals surface area (Å²) in [5, 5.41) is 6.86. The lowest BCUT2D eigenvalue weighted by molar-refractivity contribution is 0.408. The van der Waals surface area contributed by atoms with Gasteiger partial charge in [0.05, 0.1) is 19.9 Å². The number of guanidine groups is 1. The number of anilines is 1. The number of aliphatic imine (C=N–C) groups is 1. The molecule has 3 rings (SSSR count). The summed E-state index contributed by atoms with van der Waals surface area (Å²) in [5.41, 5.74) is 3.48. The van der Waals surface area contributed by atoms with Gasteiger partial charge < -0.3 is 25.0 Å². The van der Waals surface area contributed by atoms with Crippen molar-refractivity contribution in [1.29, 1.82) is 0 Å². The summed E-state index contributed by atoms with van der Waals surface area (Å²) >= 11 is 0. The van der Waals surface area contributed by atoms with Gasteiger partial charge in [-0.3, -0.25) is 4.99 Å². The van der Waals surface area contributed by atoms with Gasteiger partial charge in [0.15, 0.2) is 5.96 Å². The molecule has 1 aliphatic rings. The second kappa shape index (κ2) is 10.0. The van der Waals surface area contributed by atoms with E-state index in [2.05, 4.69) is 57.8 Å². The third kappa shape index (κ3) is 5.34. The normalized spacial score (nSPS) is 16.6. The van der Waals surface area contributed by atoms with Crippen molar-refractivity contribution in [3.05, 3.63) is 53.6 Å². The van der Waals surface area contributed by atoms with Crippen LogP contribution < -0.4 is 25.0 Å². The summed E-state index contributed by atoms with van der Waals surface area (Å²) in [6, 6.07) is 14.5. The summed E-state index contributed by atoms with van der Waals surface area (Å²) in [6.45, 7) is 5.67. The highest BCUT2D eigenvalue weighted by atomic mass is 16.5. The number of methoxy groups -OCH3 is 2. The number of ether oxygens (including phenoxy) is 2. The Labute approximate surface area is 173 Å². The number of para-hydroxylation sites is 2. The van der Waals surface area contributed by atoms with Crippen molar-refractivity contribution in [3.8, 4) is 11.5 Å². The van der Waals surface area contributed by atoms with Crippen molar-refractivity contribution < 1.29 is 9.47 Å². The average Bonchev–Trinajstić information content (AvgIpc) is 3.23. The van der Waals surface area contributed by atoms with Crippen LogP contribution in [0, 0.1) is 12.8 Å². The molecule has 0 aliphatic carbocycles. The number of aryl methyl sites for hydroxylation is 1. The van der Waals surface area contributed by atoms with E-state index in [1.807, 2.05) is 12.1 Å². The van der Waals surface area contributed by atoms with Crippen molar-refractivity contribution in [2.45, 2.75) is 19.9 Å². The van der Waals surface area contributed by atoms with E-state index in [0.29, 0.717) is 12.5 Å². The lowest BCUT2D eigenvalue weighted by Gasteiger charge is -2.21. The lowest BCUT2D eigenvalue weighted by atomic mass is 10.1. The van der Waals surface area contributed by atoms with Crippen molar-refractivity contribution in [2.24, 2.45) is 10.9 Å². The molecule has 29 heavy (non-hydrogen) atoms. The number of hydrogen-bond acceptors (Lipinski definition) is 4. The van der Waals surface area contributed by atoms with Gasteiger partial charge in [0.2, 0.25) is 0 Å². The first-order valence-corrected chi connectivity index (χ1v) is 10.1. The van der Waals surface area contributed by atoms with E-state index in [4.69, 9.17) is 9.47 Å². The molecular formula is C23H32N4O2. The van der Waals surface area contributed by atoms with Crippen molar-refractivity contribution >= 4 is 11.6 Å². The smallest absolute Gasteiger partial charge is 0.191 e. The van der Waals surface area contributed by atoms with Crippen LogP contribution in [0.1, 0.15) is 17.5 Å². The molecule has 1 atom stereocenters. The van der Waals surface area contributed by atoms with E-state index in [1.54, 1.807) is 21.3 Å². The Morgan fingerprint density at radius 3 is 2.66 bits per heavy atom. The molecule has 6 heteroatoms. The maximum atomic E-state index is 5.51. The van der Waals surface area contributed by atoms with Gasteiger partial charge in [-0.15, -0.1) is 0 Å². The van der Waals surface area contributed by atoms with E-state index in [1.165, 1.54) is 11.3 Å². The first kappa shape index (κ1) is 20.8. The van der Waals surface area contributed by atoms with Gasteiger partial charge in [0, 0.05) is 38.8 Å². The topological polar surface area (TPSA) is 58.1 Å². The summed E-state index contributed by atoms with van der Waals surface area (Å²) in [6.07, 6.45) is 1.15. The summed E-state index contributed by atoms with van der Waals surface area (Å²) in [7, 11) is 5.24. The molecule has 0 amide bonds. The standard InChI is InChI=1S/C23H32N4O2/c1-17-9-10-19(22(13-17)29-4)15-26-23(24-2)25-14-18-11-12-27(16-18)20-7-5-6-8-21(20)28-3/h5-10,13,18H,11-12,14-16H2,1-4H3,(H2,24,25,26). The van der Waals surface area contributed by atoms with Crippen LogP contribution in [0.4, 0.5) is 5.69 Å². The highest BCUT2D eigenvalue weighted by Gasteiger charge is 2.24. The van der Waals surface area contributed by atoms with Crippen LogP contribution in [0.3, 0.4) is 0 Å². The molecule has 156 valence electrons. The van der Waals surface area contributed by atoms with E-state index >= 15 is 0 Å². The Kier molecular flexibility index (Phi) is 7.22. The summed E-state index contributed by atoms with van der Waals surface area (Å²) in [4.78, 5) is 6.76. The van der Waals surface area contributed by atoms with Gasteiger partial charge in [-0.1, -0.05) is 24.3 Å². The van der Waals surface area contributed by atoms with Crippen LogP contribution in [0.5, 0.6) is 11.5 Å². The average molecular weight is 397 g/mol. The monoisotopic (exact) mass is 396 g/mol. The van der Waals surface area contributed by atoms with Crippen molar-refractivity contribution in [1.82, 2.24) is 10.6 Å². The van der Waals surface area contributed by atoms with Crippen molar-refractivity contribution in [3.63, 3.8) is 0 Å². The number of benzene rings is 2. The third-order valence-corrected chi connectivity index (χ3v) is 5.38. The zero-order valence-electron chi connectivity index (χ0n) is 17.9. The first-order chi connectivity index (χ1) is 14.1. The number of hydrogen-bond donors (Lipinski definition) is 2. The highest BCUT2D eigenvalue weighted by molar-refractivity contribution is 5.79. The Morgan fingerprint density at radius 1 is 1.10 bits per heavy atom. The molecule has 1 saturated heterocycles. The molecule has 6 nitrogen and oxygen atoms in total. The number of rotatable bonds is 7. The predicted molar refractivity (Wildman–Crippen MR) is 119 cm³/mol. The molecule has 1 unspecified atom stereocenters. The lowest BCUT2D eigenvalue weighted by Crippen LogP contribution is -2.40. The molecule has 0 spiro atoms. The van der Waals surface area contributed by atoms with Crippen LogP contribution in [-0.2, 0) is 6.54 Å². The third-order valence-electron chi connectivity index (χ3n) is 5.38. The molecule has 1 aliphatic heterocycles. The van der Waals surface area contributed by atoms with Crippen molar-refractivity contribution in [2.75, 3.05) is 45.8 Å². The van der Waals surface area contributed by atoms with E-state index in [-0.39, 0.29) is 0 Å². The molecule has 0 bridgehead atoms. The predicted octanol–water partition coefficient (Wildman–Crippen LogP) is 3.20. The second-order valence-corrected chi connectivity index (χ2v) is 7.39. The van der Waals surface area contributed by atoms with Gasteiger partial charge >= 0.3 is 0 Å². The van der Waals surface area contributed by atoms with Gasteiger partial charge in [-0.2, -0.15) is 0 Å². The van der Waals surface area contributed by atoms with Gasteiger partial charge in [-0.05, 0) is 43.0 Å². The van der Waals surface area contributed by atoms with E-state index in [9.17, 15) is 0 Å². The Hall–Kier alpha value is -2.89. The number of nitrogens with one attached hydrogen (secondary N) is 2. The summed E-state index contributed by atoms with van der Waals surface area (Å²) in [5.74, 6) is 3.21. The molecular weight excluding hydrogens is 364 g/mol. The quantitative estimate of drug-likeness (QED) is 0.556. The largest absolute Gasteiger partial charge is 0.496 e. The molecule has 0 radical (unpaired) electrons. The molecule has 0 aromatic heterocycles. The molecule has 2 aromatic carbocycles.